The zero-order valence-corrected chi connectivity index (χ0v) is 15.8. The van der Waals surface area contributed by atoms with Crippen LogP contribution in [0.25, 0.3) is 16.4 Å². The van der Waals surface area contributed by atoms with Gasteiger partial charge in [0.2, 0.25) is 5.82 Å². The molecule has 2 unspecified atom stereocenters. The third-order valence-corrected chi connectivity index (χ3v) is 5.33. The summed E-state index contributed by atoms with van der Waals surface area (Å²) in [7, 11) is 0. The summed E-state index contributed by atoms with van der Waals surface area (Å²) in [6, 6.07) is 9.84. The fourth-order valence-corrected chi connectivity index (χ4v) is 3.77. The summed E-state index contributed by atoms with van der Waals surface area (Å²) in [5.74, 6) is 0.00534. The molecule has 3 heterocycles. The second-order valence-electron chi connectivity index (χ2n) is 6.58. The predicted molar refractivity (Wildman–Crippen MR) is 101 cm³/mol. The van der Waals surface area contributed by atoms with Crippen molar-refractivity contribution in [1.29, 1.82) is 0 Å². The Labute approximate surface area is 160 Å². The Morgan fingerprint density at radius 2 is 2.15 bits per heavy atom. The maximum Gasteiger partial charge on any atom is 0.293 e. The smallest absolute Gasteiger partial charge is 0.293 e. The summed E-state index contributed by atoms with van der Waals surface area (Å²) in [6.07, 6.45) is -0.0350. The number of halogens is 1. The lowest BCUT2D eigenvalue weighted by Crippen LogP contribution is -2.50. The average molecular weight is 386 g/mol. The number of hydrogen-bond acceptors (Lipinski definition) is 5. The van der Waals surface area contributed by atoms with E-state index in [1.807, 2.05) is 31.4 Å². The van der Waals surface area contributed by atoms with E-state index in [1.165, 1.54) is 28.2 Å². The normalized spacial score (nSPS) is 20.0. The molecule has 1 aliphatic rings. The fraction of sp³-hybridized carbons (Fsp3) is 0.316. The highest BCUT2D eigenvalue weighted by molar-refractivity contribution is 7.13. The van der Waals surface area contributed by atoms with Crippen molar-refractivity contribution in [2.75, 3.05) is 13.2 Å². The summed E-state index contributed by atoms with van der Waals surface area (Å²) in [5.41, 5.74) is 0.522. The number of amides is 1. The first-order chi connectivity index (χ1) is 13.0. The third-order valence-electron chi connectivity index (χ3n) is 4.46. The van der Waals surface area contributed by atoms with Crippen molar-refractivity contribution in [1.82, 2.24) is 19.7 Å². The molecule has 6 nitrogen and oxygen atoms in total. The van der Waals surface area contributed by atoms with E-state index in [0.717, 1.165) is 4.88 Å². The van der Waals surface area contributed by atoms with Gasteiger partial charge in [0, 0.05) is 6.54 Å². The predicted octanol–water partition coefficient (Wildman–Crippen LogP) is 3.38. The van der Waals surface area contributed by atoms with Crippen LogP contribution >= 0.6 is 11.3 Å². The van der Waals surface area contributed by atoms with E-state index >= 15 is 0 Å². The largest absolute Gasteiger partial charge is 0.375 e. The SMILES string of the molecule is CC1CN(C(=O)c2nc(-c3cccs3)n(-c3cccc(F)c3)n2)C(C)CO1. The van der Waals surface area contributed by atoms with Crippen LogP contribution in [0.2, 0.25) is 0 Å². The molecule has 0 spiro atoms. The van der Waals surface area contributed by atoms with Crippen LogP contribution in [-0.4, -0.2) is 50.9 Å². The molecule has 27 heavy (non-hydrogen) atoms. The van der Waals surface area contributed by atoms with Crippen molar-refractivity contribution in [2.24, 2.45) is 0 Å². The molecular formula is C19H19FN4O2S. The van der Waals surface area contributed by atoms with Crippen molar-refractivity contribution in [3.05, 3.63) is 53.4 Å². The van der Waals surface area contributed by atoms with E-state index in [4.69, 9.17) is 4.74 Å². The standard InChI is InChI=1S/C19H19FN4O2S/c1-12-11-26-13(2)10-23(12)19(25)17-21-18(16-7-4-8-27-16)24(22-17)15-6-3-5-14(20)9-15/h3-9,12-13H,10-11H2,1-2H3. The molecule has 8 heteroatoms. The van der Waals surface area contributed by atoms with Gasteiger partial charge >= 0.3 is 0 Å². The number of carbonyl (C=O) groups excluding carboxylic acids is 1. The number of rotatable bonds is 3. The van der Waals surface area contributed by atoms with Crippen molar-refractivity contribution in [3.8, 4) is 16.4 Å². The van der Waals surface area contributed by atoms with Crippen LogP contribution in [0.5, 0.6) is 0 Å². The molecule has 0 aliphatic carbocycles. The van der Waals surface area contributed by atoms with E-state index in [1.54, 1.807) is 17.0 Å². The van der Waals surface area contributed by atoms with E-state index in [0.29, 0.717) is 24.7 Å². The van der Waals surface area contributed by atoms with Gasteiger partial charge in [0.25, 0.3) is 5.91 Å². The Morgan fingerprint density at radius 3 is 2.89 bits per heavy atom. The monoisotopic (exact) mass is 386 g/mol. The fourth-order valence-electron chi connectivity index (χ4n) is 3.07. The first-order valence-corrected chi connectivity index (χ1v) is 9.60. The van der Waals surface area contributed by atoms with Gasteiger partial charge in [0.1, 0.15) is 5.82 Å². The molecule has 2 aromatic heterocycles. The lowest BCUT2D eigenvalue weighted by Gasteiger charge is -2.36. The van der Waals surface area contributed by atoms with Gasteiger partial charge in [-0.2, -0.15) is 0 Å². The van der Waals surface area contributed by atoms with Crippen LogP contribution in [0.4, 0.5) is 4.39 Å². The number of benzene rings is 1. The summed E-state index contributed by atoms with van der Waals surface area (Å²) < 4.78 is 20.9. The molecule has 1 amide bonds. The molecule has 4 rings (SSSR count). The molecule has 0 saturated carbocycles. The van der Waals surface area contributed by atoms with Crippen molar-refractivity contribution in [3.63, 3.8) is 0 Å². The van der Waals surface area contributed by atoms with E-state index < -0.39 is 0 Å². The zero-order chi connectivity index (χ0) is 19.0. The topological polar surface area (TPSA) is 60.2 Å². The Morgan fingerprint density at radius 1 is 1.30 bits per heavy atom. The van der Waals surface area contributed by atoms with Crippen molar-refractivity contribution >= 4 is 17.2 Å². The highest BCUT2D eigenvalue weighted by atomic mass is 32.1. The quantitative estimate of drug-likeness (QED) is 0.692. The number of aromatic nitrogens is 3. The first kappa shape index (κ1) is 17.8. The molecule has 0 radical (unpaired) electrons. The highest BCUT2D eigenvalue weighted by Gasteiger charge is 2.31. The van der Waals surface area contributed by atoms with Crippen LogP contribution in [0.1, 0.15) is 24.5 Å². The van der Waals surface area contributed by atoms with Gasteiger partial charge in [0.15, 0.2) is 5.82 Å². The lowest BCUT2D eigenvalue weighted by atomic mass is 10.2. The molecule has 1 aromatic carbocycles. The average Bonchev–Trinajstić information content (AvgIpc) is 3.32. The van der Waals surface area contributed by atoms with Gasteiger partial charge in [-0.15, -0.1) is 16.4 Å². The van der Waals surface area contributed by atoms with E-state index in [2.05, 4.69) is 10.1 Å². The Balaban J connectivity index is 1.76. The first-order valence-electron chi connectivity index (χ1n) is 8.72. The highest BCUT2D eigenvalue weighted by Crippen LogP contribution is 2.26. The molecule has 3 aromatic rings. The second-order valence-corrected chi connectivity index (χ2v) is 7.53. The van der Waals surface area contributed by atoms with E-state index in [9.17, 15) is 9.18 Å². The summed E-state index contributed by atoms with van der Waals surface area (Å²) in [4.78, 5) is 20.1. The molecule has 2 atom stereocenters. The minimum absolute atomic E-state index is 0.0350. The minimum Gasteiger partial charge on any atom is -0.375 e. The molecule has 1 saturated heterocycles. The van der Waals surface area contributed by atoms with Gasteiger partial charge in [0.05, 0.1) is 29.3 Å². The molecule has 140 valence electrons. The van der Waals surface area contributed by atoms with E-state index in [-0.39, 0.29) is 29.7 Å². The minimum atomic E-state index is -0.372. The zero-order valence-electron chi connectivity index (χ0n) is 15.0. The molecule has 0 bridgehead atoms. The number of nitrogens with zero attached hydrogens (tertiary/aromatic N) is 4. The van der Waals surface area contributed by atoms with Crippen LogP contribution in [0.15, 0.2) is 41.8 Å². The second kappa shape index (κ2) is 7.21. The lowest BCUT2D eigenvalue weighted by molar-refractivity contribution is -0.0391. The van der Waals surface area contributed by atoms with Gasteiger partial charge in [-0.1, -0.05) is 12.1 Å². The Hall–Kier alpha value is -2.58. The number of hydrogen-bond donors (Lipinski definition) is 0. The summed E-state index contributed by atoms with van der Waals surface area (Å²) >= 11 is 1.49. The Kier molecular flexibility index (Phi) is 4.75. The Bertz CT molecular complexity index is 957. The number of thiophene rings is 1. The van der Waals surface area contributed by atoms with Crippen molar-refractivity contribution in [2.45, 2.75) is 26.0 Å². The van der Waals surface area contributed by atoms with Crippen LogP contribution in [0, 0.1) is 5.82 Å². The molecular weight excluding hydrogens is 367 g/mol. The maximum atomic E-state index is 13.7. The third kappa shape index (κ3) is 3.50. The van der Waals surface area contributed by atoms with Crippen LogP contribution < -0.4 is 0 Å². The summed E-state index contributed by atoms with van der Waals surface area (Å²) in [5, 5.41) is 6.35. The molecule has 1 aliphatic heterocycles. The molecule has 0 N–H and O–H groups in total. The van der Waals surface area contributed by atoms with Gasteiger partial charge in [-0.25, -0.2) is 14.1 Å². The van der Waals surface area contributed by atoms with Gasteiger partial charge < -0.3 is 9.64 Å². The summed E-state index contributed by atoms with van der Waals surface area (Å²) in [6.45, 7) is 4.84. The van der Waals surface area contributed by atoms with Crippen LogP contribution in [0.3, 0.4) is 0 Å². The van der Waals surface area contributed by atoms with Crippen LogP contribution in [-0.2, 0) is 4.74 Å². The van der Waals surface area contributed by atoms with Gasteiger partial charge in [-0.05, 0) is 43.5 Å². The number of ether oxygens (including phenoxy) is 1. The molecule has 1 fully saturated rings. The number of carbonyl (C=O) groups is 1. The maximum absolute atomic E-state index is 13.7. The van der Waals surface area contributed by atoms with Crippen molar-refractivity contribution < 1.29 is 13.9 Å². The van der Waals surface area contributed by atoms with Gasteiger partial charge in [-0.3, -0.25) is 4.79 Å². The number of morpholine rings is 1.